The van der Waals surface area contributed by atoms with Gasteiger partial charge < -0.3 is 0 Å². The zero-order valence-electron chi connectivity index (χ0n) is 11.9. The van der Waals surface area contributed by atoms with Gasteiger partial charge in [0.05, 0.1) is 18.4 Å². The van der Waals surface area contributed by atoms with Crippen molar-refractivity contribution in [3.63, 3.8) is 0 Å². The van der Waals surface area contributed by atoms with Crippen molar-refractivity contribution in [2.24, 2.45) is 0 Å². The van der Waals surface area contributed by atoms with Crippen molar-refractivity contribution in [1.29, 1.82) is 0 Å². The van der Waals surface area contributed by atoms with Gasteiger partial charge in [-0.05, 0) is 29.7 Å². The van der Waals surface area contributed by atoms with Crippen molar-refractivity contribution in [3.05, 3.63) is 70.2 Å². The number of halogens is 1. The highest BCUT2D eigenvalue weighted by Crippen LogP contribution is 2.33. The molecule has 2 aromatic rings. The highest BCUT2D eigenvalue weighted by Gasteiger charge is 2.36. The second-order valence-electron chi connectivity index (χ2n) is 5.19. The van der Waals surface area contributed by atoms with Crippen LogP contribution in [0.5, 0.6) is 0 Å². The molecular formula is C16H16BrNO3S. The van der Waals surface area contributed by atoms with Crippen LogP contribution in [0.15, 0.2) is 59.1 Å². The van der Waals surface area contributed by atoms with Crippen LogP contribution in [0.25, 0.3) is 0 Å². The molecule has 1 atom stereocenters. The SMILES string of the molecule is O=S(=O)(Cc1ccc(Br)cc1)N1OCC[C@H]1c1ccccc1. The Kier molecular flexibility index (Phi) is 4.63. The molecule has 3 rings (SSSR count). The van der Waals surface area contributed by atoms with E-state index in [-0.39, 0.29) is 11.8 Å². The van der Waals surface area contributed by atoms with Crippen LogP contribution in [0.4, 0.5) is 0 Å². The third-order valence-corrected chi connectivity index (χ3v) is 5.72. The van der Waals surface area contributed by atoms with Crippen LogP contribution in [-0.4, -0.2) is 19.5 Å². The summed E-state index contributed by atoms with van der Waals surface area (Å²) < 4.78 is 27.4. The molecule has 1 fully saturated rings. The molecule has 0 bridgehead atoms. The van der Waals surface area contributed by atoms with Crippen molar-refractivity contribution in [1.82, 2.24) is 4.47 Å². The van der Waals surface area contributed by atoms with Gasteiger partial charge in [0.2, 0.25) is 10.0 Å². The van der Waals surface area contributed by atoms with Crippen molar-refractivity contribution < 1.29 is 13.3 Å². The summed E-state index contributed by atoms with van der Waals surface area (Å²) in [7, 11) is -3.53. The maximum atomic E-state index is 12.7. The highest BCUT2D eigenvalue weighted by atomic mass is 79.9. The Morgan fingerprint density at radius 1 is 1.09 bits per heavy atom. The number of hydrogen-bond acceptors (Lipinski definition) is 3. The van der Waals surface area contributed by atoms with Gasteiger partial charge in [-0.2, -0.15) is 0 Å². The zero-order valence-corrected chi connectivity index (χ0v) is 14.3. The highest BCUT2D eigenvalue weighted by molar-refractivity contribution is 9.10. The van der Waals surface area contributed by atoms with Gasteiger partial charge in [-0.3, -0.25) is 4.84 Å². The van der Waals surface area contributed by atoms with E-state index in [1.807, 2.05) is 42.5 Å². The molecule has 0 radical (unpaired) electrons. The molecular weight excluding hydrogens is 366 g/mol. The van der Waals surface area contributed by atoms with Gasteiger partial charge in [0.15, 0.2) is 0 Å². The van der Waals surface area contributed by atoms with E-state index >= 15 is 0 Å². The smallest absolute Gasteiger partial charge is 0.240 e. The lowest BCUT2D eigenvalue weighted by atomic mass is 10.1. The lowest BCUT2D eigenvalue weighted by molar-refractivity contribution is -0.0501. The van der Waals surface area contributed by atoms with Crippen LogP contribution >= 0.6 is 15.9 Å². The summed E-state index contributed by atoms with van der Waals surface area (Å²) >= 11 is 3.35. The van der Waals surface area contributed by atoms with E-state index in [4.69, 9.17) is 4.84 Å². The van der Waals surface area contributed by atoms with Gasteiger partial charge >= 0.3 is 0 Å². The first-order valence-electron chi connectivity index (χ1n) is 7.01. The van der Waals surface area contributed by atoms with Gasteiger partial charge in [0.25, 0.3) is 0 Å². The molecule has 0 unspecified atom stereocenters. The molecule has 2 aromatic carbocycles. The van der Waals surface area contributed by atoms with Crippen LogP contribution in [0.1, 0.15) is 23.6 Å². The average molecular weight is 382 g/mol. The first-order chi connectivity index (χ1) is 10.6. The van der Waals surface area contributed by atoms with Crippen molar-refractivity contribution in [2.75, 3.05) is 6.61 Å². The zero-order chi connectivity index (χ0) is 15.6. The van der Waals surface area contributed by atoms with E-state index in [0.29, 0.717) is 13.0 Å². The number of benzene rings is 2. The molecule has 1 aliphatic heterocycles. The van der Waals surface area contributed by atoms with Crippen LogP contribution in [0, 0.1) is 0 Å². The van der Waals surface area contributed by atoms with E-state index in [2.05, 4.69) is 15.9 Å². The molecule has 0 saturated carbocycles. The Morgan fingerprint density at radius 3 is 2.45 bits per heavy atom. The van der Waals surface area contributed by atoms with Gasteiger partial charge in [0, 0.05) is 4.47 Å². The Labute approximate surface area is 138 Å². The molecule has 0 aromatic heterocycles. The molecule has 6 heteroatoms. The Bertz CT molecular complexity index is 732. The lowest BCUT2D eigenvalue weighted by Gasteiger charge is -2.22. The number of sulfonamides is 1. The summed E-state index contributed by atoms with van der Waals surface area (Å²) in [6.45, 7) is 0.416. The molecule has 0 spiro atoms. The van der Waals surface area contributed by atoms with E-state index in [9.17, 15) is 8.42 Å². The molecule has 1 aliphatic rings. The standard InChI is InChI=1S/C16H16BrNO3S/c17-15-8-6-13(7-9-15)12-22(19,20)18-16(10-11-21-18)14-4-2-1-3-5-14/h1-9,16H,10-12H2/t16-/m0/s1. The second-order valence-corrected chi connectivity index (χ2v) is 7.91. The summed E-state index contributed by atoms with van der Waals surface area (Å²) in [6.07, 6.45) is 0.670. The Hall–Kier alpha value is -1.21. The maximum Gasteiger partial charge on any atom is 0.240 e. The normalized spacial score (nSPS) is 19.4. The summed E-state index contributed by atoms with van der Waals surface area (Å²) in [6, 6.07) is 16.6. The first kappa shape index (κ1) is 15.7. The van der Waals surface area contributed by atoms with E-state index in [1.165, 1.54) is 4.47 Å². The fourth-order valence-electron chi connectivity index (χ4n) is 2.54. The summed E-state index contributed by atoms with van der Waals surface area (Å²) in [5.74, 6) is -0.0659. The first-order valence-corrected chi connectivity index (χ1v) is 9.41. The number of hydroxylamine groups is 1. The molecule has 4 nitrogen and oxygen atoms in total. The van der Waals surface area contributed by atoms with Gasteiger partial charge in [-0.1, -0.05) is 62.9 Å². The summed E-state index contributed by atoms with van der Waals surface area (Å²) in [5.41, 5.74) is 1.70. The van der Waals surface area contributed by atoms with Crippen LogP contribution < -0.4 is 0 Å². The number of hydrogen-bond donors (Lipinski definition) is 0. The predicted molar refractivity (Wildman–Crippen MR) is 88.4 cm³/mol. The third-order valence-electron chi connectivity index (χ3n) is 3.59. The molecule has 22 heavy (non-hydrogen) atoms. The minimum absolute atomic E-state index is 0.0659. The van der Waals surface area contributed by atoms with E-state index in [1.54, 1.807) is 12.1 Å². The van der Waals surface area contributed by atoms with Crippen LogP contribution in [0.3, 0.4) is 0 Å². The van der Waals surface area contributed by atoms with Gasteiger partial charge in [0.1, 0.15) is 0 Å². The molecule has 1 heterocycles. The monoisotopic (exact) mass is 381 g/mol. The largest absolute Gasteiger partial charge is 0.284 e. The molecule has 0 aliphatic carbocycles. The minimum atomic E-state index is -3.53. The van der Waals surface area contributed by atoms with Crippen LogP contribution in [0.2, 0.25) is 0 Å². The average Bonchev–Trinajstić information content (AvgIpc) is 3.01. The summed E-state index contributed by atoms with van der Waals surface area (Å²) in [4.78, 5) is 5.42. The molecule has 116 valence electrons. The van der Waals surface area contributed by atoms with Gasteiger partial charge in [-0.15, -0.1) is 0 Å². The van der Waals surface area contributed by atoms with E-state index < -0.39 is 10.0 Å². The maximum absolute atomic E-state index is 12.7. The number of nitrogens with zero attached hydrogens (tertiary/aromatic N) is 1. The quantitative estimate of drug-likeness (QED) is 0.811. The molecule has 0 N–H and O–H groups in total. The Balaban J connectivity index is 1.83. The van der Waals surface area contributed by atoms with Crippen molar-refractivity contribution in [2.45, 2.75) is 18.2 Å². The summed E-state index contributed by atoms with van der Waals surface area (Å²) in [5, 5.41) is 0. The fourth-order valence-corrected chi connectivity index (χ4v) is 4.40. The topological polar surface area (TPSA) is 46.6 Å². The fraction of sp³-hybridized carbons (Fsp3) is 0.250. The predicted octanol–water partition coefficient (Wildman–Crippen LogP) is 3.66. The van der Waals surface area contributed by atoms with E-state index in [0.717, 1.165) is 15.6 Å². The minimum Gasteiger partial charge on any atom is -0.284 e. The van der Waals surface area contributed by atoms with Gasteiger partial charge in [-0.25, -0.2) is 8.42 Å². The third kappa shape index (κ3) is 3.41. The van der Waals surface area contributed by atoms with Crippen LogP contribution in [-0.2, 0) is 20.6 Å². The van der Waals surface area contributed by atoms with Crippen molar-refractivity contribution >= 4 is 26.0 Å². The molecule has 1 saturated heterocycles. The second kappa shape index (κ2) is 6.50. The van der Waals surface area contributed by atoms with Crippen molar-refractivity contribution in [3.8, 4) is 0 Å². The number of rotatable bonds is 4. The Morgan fingerprint density at radius 2 is 1.77 bits per heavy atom. The molecule has 0 amide bonds. The lowest BCUT2D eigenvalue weighted by Crippen LogP contribution is -2.30.